The fourth-order valence-electron chi connectivity index (χ4n) is 1.74. The minimum atomic E-state index is -0.0606. The Kier molecular flexibility index (Phi) is 3.08. The lowest BCUT2D eigenvalue weighted by Gasteiger charge is -2.12. The molecule has 19 heavy (non-hydrogen) atoms. The summed E-state index contributed by atoms with van der Waals surface area (Å²) in [4.78, 5) is 18.7. The monoisotopic (exact) mass is 336 g/mol. The maximum absolute atomic E-state index is 12.4. The highest BCUT2D eigenvalue weighted by Gasteiger charge is 2.17. The molecule has 3 rings (SSSR count). The second kappa shape index (κ2) is 4.75. The minimum Gasteiger partial charge on any atom is -0.308 e. The van der Waals surface area contributed by atoms with E-state index in [1.54, 1.807) is 36.7 Å². The zero-order chi connectivity index (χ0) is 13.4. The van der Waals surface area contributed by atoms with Gasteiger partial charge in [0.15, 0.2) is 0 Å². The van der Waals surface area contributed by atoms with Gasteiger partial charge >= 0.3 is 0 Å². The van der Waals surface area contributed by atoms with Gasteiger partial charge in [0.05, 0.1) is 21.5 Å². The van der Waals surface area contributed by atoms with Gasteiger partial charge in [-0.25, -0.2) is 0 Å². The topological polar surface area (TPSA) is 61.9 Å². The number of hydrogen-bond acceptors (Lipinski definition) is 4. The van der Waals surface area contributed by atoms with Gasteiger partial charge in [0.1, 0.15) is 0 Å². The number of amides is 1. The van der Waals surface area contributed by atoms with Crippen molar-refractivity contribution in [3.63, 3.8) is 0 Å². The first-order valence-corrected chi connectivity index (χ1v) is 7.07. The predicted molar refractivity (Wildman–Crippen MR) is 78.6 cm³/mol. The van der Waals surface area contributed by atoms with Crippen molar-refractivity contribution >= 4 is 48.9 Å². The van der Waals surface area contributed by atoms with E-state index in [0.29, 0.717) is 4.88 Å². The van der Waals surface area contributed by atoms with Crippen molar-refractivity contribution in [2.75, 3.05) is 11.9 Å². The van der Waals surface area contributed by atoms with Crippen LogP contribution in [0.2, 0.25) is 0 Å². The van der Waals surface area contributed by atoms with Gasteiger partial charge in [0.2, 0.25) is 0 Å². The Bertz CT molecular complexity index is 737. The molecule has 1 N–H and O–H groups in total. The van der Waals surface area contributed by atoms with Crippen molar-refractivity contribution in [3.05, 3.63) is 40.2 Å². The Morgan fingerprint density at radius 2 is 2.26 bits per heavy atom. The smallest absolute Gasteiger partial charge is 0.268 e. The van der Waals surface area contributed by atoms with Crippen molar-refractivity contribution in [2.24, 2.45) is 0 Å². The summed E-state index contributed by atoms with van der Waals surface area (Å²) >= 11 is 4.87. The van der Waals surface area contributed by atoms with Gasteiger partial charge in [0, 0.05) is 35.5 Å². The summed E-state index contributed by atoms with van der Waals surface area (Å²) in [5, 5.41) is 7.54. The SMILES string of the molecule is CN(C(=O)c1cc2c(Br)cncc2s1)c1cn[nH]c1. The molecule has 3 heterocycles. The second-order valence-electron chi connectivity index (χ2n) is 3.96. The highest BCUT2D eigenvalue weighted by atomic mass is 79.9. The molecule has 7 heteroatoms. The molecule has 0 saturated heterocycles. The largest absolute Gasteiger partial charge is 0.308 e. The van der Waals surface area contributed by atoms with Crippen LogP contribution in [0.15, 0.2) is 35.3 Å². The molecule has 0 aliphatic carbocycles. The van der Waals surface area contributed by atoms with E-state index in [1.165, 1.54) is 11.3 Å². The van der Waals surface area contributed by atoms with Crippen LogP contribution in [0.25, 0.3) is 10.1 Å². The first kappa shape index (κ1) is 12.3. The van der Waals surface area contributed by atoms with E-state index >= 15 is 0 Å². The van der Waals surface area contributed by atoms with Crippen LogP contribution in [0.4, 0.5) is 5.69 Å². The fourth-order valence-corrected chi connectivity index (χ4v) is 3.35. The van der Waals surface area contributed by atoms with E-state index < -0.39 is 0 Å². The Labute approximate surface area is 121 Å². The lowest BCUT2D eigenvalue weighted by atomic mass is 10.3. The molecule has 0 aromatic carbocycles. The van der Waals surface area contributed by atoms with E-state index in [-0.39, 0.29) is 5.91 Å². The van der Waals surface area contributed by atoms with Crippen molar-refractivity contribution in [3.8, 4) is 0 Å². The van der Waals surface area contributed by atoms with Gasteiger partial charge < -0.3 is 4.90 Å². The molecule has 0 aliphatic rings. The third-order valence-electron chi connectivity index (χ3n) is 2.78. The van der Waals surface area contributed by atoms with Crippen molar-refractivity contribution in [1.82, 2.24) is 15.2 Å². The number of carbonyl (C=O) groups is 1. The highest BCUT2D eigenvalue weighted by molar-refractivity contribution is 9.10. The molecule has 0 unspecified atom stereocenters. The maximum atomic E-state index is 12.4. The van der Waals surface area contributed by atoms with Crippen LogP contribution in [0.5, 0.6) is 0 Å². The normalized spacial score (nSPS) is 10.8. The zero-order valence-electron chi connectivity index (χ0n) is 9.92. The van der Waals surface area contributed by atoms with E-state index in [4.69, 9.17) is 0 Å². The molecular formula is C12H9BrN4OS. The van der Waals surface area contributed by atoms with E-state index in [9.17, 15) is 4.79 Å². The van der Waals surface area contributed by atoms with Gasteiger partial charge in [-0.2, -0.15) is 5.10 Å². The highest BCUT2D eigenvalue weighted by Crippen LogP contribution is 2.31. The molecule has 0 radical (unpaired) electrons. The number of halogens is 1. The number of carbonyl (C=O) groups excluding carboxylic acids is 1. The summed E-state index contributed by atoms with van der Waals surface area (Å²) in [6, 6.07) is 1.88. The third kappa shape index (κ3) is 2.15. The summed E-state index contributed by atoms with van der Waals surface area (Å²) in [5.41, 5.74) is 0.736. The van der Waals surface area contributed by atoms with Crippen molar-refractivity contribution in [1.29, 1.82) is 0 Å². The summed E-state index contributed by atoms with van der Waals surface area (Å²) in [6.07, 6.45) is 6.79. The lowest BCUT2D eigenvalue weighted by Crippen LogP contribution is -2.24. The van der Waals surface area contributed by atoms with Gasteiger partial charge in [-0.1, -0.05) is 0 Å². The summed E-state index contributed by atoms with van der Waals surface area (Å²) in [6.45, 7) is 0. The first-order chi connectivity index (χ1) is 9.16. The number of anilines is 1. The van der Waals surface area contributed by atoms with Crippen LogP contribution in [0.1, 0.15) is 9.67 Å². The number of H-pyrrole nitrogens is 1. The number of hydrogen-bond donors (Lipinski definition) is 1. The average Bonchev–Trinajstić information content (AvgIpc) is 3.06. The number of aromatic nitrogens is 3. The first-order valence-electron chi connectivity index (χ1n) is 5.46. The molecule has 0 aliphatic heterocycles. The molecule has 3 aromatic rings. The quantitative estimate of drug-likeness (QED) is 0.782. The molecule has 96 valence electrons. The van der Waals surface area contributed by atoms with E-state index in [1.807, 2.05) is 6.07 Å². The standard InChI is InChI=1S/C12H9BrN4OS/c1-17(7-3-15-16-4-7)12(18)10-2-8-9(13)5-14-6-11(8)19-10/h2-6H,1H3,(H,15,16). The van der Waals surface area contributed by atoms with Crippen LogP contribution in [-0.2, 0) is 0 Å². The Morgan fingerprint density at radius 1 is 1.42 bits per heavy atom. The van der Waals surface area contributed by atoms with Crippen LogP contribution in [0.3, 0.4) is 0 Å². The van der Waals surface area contributed by atoms with Crippen LogP contribution < -0.4 is 4.90 Å². The van der Waals surface area contributed by atoms with Crippen molar-refractivity contribution in [2.45, 2.75) is 0 Å². The molecule has 0 fully saturated rings. The minimum absolute atomic E-state index is 0.0606. The van der Waals surface area contributed by atoms with Gasteiger partial charge in [-0.3, -0.25) is 14.9 Å². The Morgan fingerprint density at radius 3 is 2.95 bits per heavy atom. The number of nitrogens with zero attached hydrogens (tertiary/aromatic N) is 3. The molecule has 0 saturated carbocycles. The third-order valence-corrected chi connectivity index (χ3v) is 4.47. The Balaban J connectivity index is 2.00. The molecular weight excluding hydrogens is 328 g/mol. The molecule has 5 nitrogen and oxygen atoms in total. The second-order valence-corrected chi connectivity index (χ2v) is 5.90. The number of pyridine rings is 1. The molecule has 0 bridgehead atoms. The van der Waals surface area contributed by atoms with Crippen LogP contribution >= 0.6 is 27.3 Å². The lowest BCUT2D eigenvalue weighted by molar-refractivity contribution is 0.0997. The van der Waals surface area contributed by atoms with Gasteiger partial charge in [-0.15, -0.1) is 11.3 Å². The van der Waals surface area contributed by atoms with Crippen LogP contribution in [0, 0.1) is 0 Å². The van der Waals surface area contributed by atoms with Gasteiger partial charge in [-0.05, 0) is 22.0 Å². The number of aromatic amines is 1. The summed E-state index contributed by atoms with van der Waals surface area (Å²) in [5.74, 6) is -0.0606. The molecule has 1 amide bonds. The predicted octanol–water partition coefficient (Wildman–Crippen LogP) is 3.06. The molecule has 0 spiro atoms. The maximum Gasteiger partial charge on any atom is 0.268 e. The zero-order valence-corrected chi connectivity index (χ0v) is 12.3. The molecule has 0 atom stereocenters. The fraction of sp³-hybridized carbons (Fsp3) is 0.0833. The summed E-state index contributed by atoms with van der Waals surface area (Å²) < 4.78 is 1.88. The van der Waals surface area contributed by atoms with Crippen LogP contribution in [-0.4, -0.2) is 28.1 Å². The number of rotatable bonds is 2. The van der Waals surface area contributed by atoms with E-state index in [2.05, 4.69) is 31.1 Å². The van der Waals surface area contributed by atoms with Crippen molar-refractivity contribution < 1.29 is 4.79 Å². The van der Waals surface area contributed by atoms with Gasteiger partial charge in [0.25, 0.3) is 5.91 Å². The number of thiophene rings is 1. The number of nitrogens with one attached hydrogen (secondary N) is 1. The number of fused-ring (bicyclic) bond motifs is 1. The van der Waals surface area contributed by atoms with E-state index in [0.717, 1.165) is 20.2 Å². The summed E-state index contributed by atoms with van der Waals surface area (Å²) in [7, 11) is 1.73. The molecule has 3 aromatic heterocycles. The average molecular weight is 337 g/mol. The Hall–Kier alpha value is -1.73.